The van der Waals surface area contributed by atoms with E-state index in [4.69, 9.17) is 34.9 Å². The van der Waals surface area contributed by atoms with E-state index in [0.717, 1.165) is 75.6 Å². The Bertz CT molecular complexity index is 2570. The van der Waals surface area contributed by atoms with Gasteiger partial charge in [-0.25, -0.2) is 9.59 Å². The van der Waals surface area contributed by atoms with Crippen molar-refractivity contribution >= 4 is 52.7 Å². The molecule has 0 N–H and O–H groups in total. The molecule has 344 valence electrons. The zero-order valence-corrected chi connectivity index (χ0v) is 38.4. The first kappa shape index (κ1) is 49.0. The predicted octanol–water partition coefficient (Wildman–Crippen LogP) is 12.5. The maximum atomic E-state index is 12.6. The molecule has 0 amide bonds. The number of nitrogens with zero attached hydrogens (tertiary/aromatic N) is 11. The van der Waals surface area contributed by atoms with E-state index >= 15 is 0 Å². The van der Waals surface area contributed by atoms with E-state index in [0.29, 0.717) is 75.9 Å². The van der Waals surface area contributed by atoms with Crippen LogP contribution in [-0.2, 0) is 9.47 Å². The minimum atomic E-state index is -0.382. The molecule has 0 aliphatic heterocycles. The van der Waals surface area contributed by atoms with Crippen LogP contribution in [0.15, 0.2) is 148 Å². The molecule has 15 heteroatoms. The number of hydrogen-bond donors (Lipinski definition) is 0. The van der Waals surface area contributed by atoms with Gasteiger partial charge in [0.15, 0.2) is 5.82 Å². The molecule has 0 bridgehead atoms. The molecule has 6 rings (SSSR count). The molecule has 0 atom stereocenters. The lowest BCUT2D eigenvalue weighted by Crippen LogP contribution is -2.26. The van der Waals surface area contributed by atoms with Crippen LogP contribution in [0.4, 0.5) is 34.6 Å². The minimum Gasteiger partial charge on any atom is -0.462 e. The van der Waals surface area contributed by atoms with Crippen LogP contribution in [0.3, 0.4) is 0 Å². The monoisotopic (exact) mass is 907 g/mol. The summed E-state index contributed by atoms with van der Waals surface area (Å²) < 4.78 is 11.1. The molecular formula is C53H53N11O4. The second kappa shape index (κ2) is 25.9. The highest BCUT2D eigenvalue weighted by atomic mass is 16.5. The van der Waals surface area contributed by atoms with Crippen LogP contribution in [0.25, 0.3) is 17.5 Å². The van der Waals surface area contributed by atoms with Gasteiger partial charge >= 0.3 is 11.9 Å². The van der Waals surface area contributed by atoms with Crippen LogP contribution < -0.4 is 9.80 Å². The van der Waals surface area contributed by atoms with Crippen LogP contribution in [0.1, 0.15) is 88.8 Å². The Morgan fingerprint density at radius 2 is 0.897 bits per heavy atom. The number of azo groups is 2. The van der Waals surface area contributed by atoms with Crippen molar-refractivity contribution in [3.63, 3.8) is 0 Å². The van der Waals surface area contributed by atoms with E-state index in [-0.39, 0.29) is 11.9 Å². The van der Waals surface area contributed by atoms with Gasteiger partial charge in [0.25, 0.3) is 0 Å². The van der Waals surface area contributed by atoms with E-state index in [1.807, 2.05) is 38.4 Å². The van der Waals surface area contributed by atoms with Crippen molar-refractivity contribution in [1.82, 2.24) is 15.0 Å². The zero-order chi connectivity index (χ0) is 47.9. The predicted molar refractivity (Wildman–Crippen MR) is 263 cm³/mol. The number of anilines is 2. The molecule has 0 saturated carbocycles. The number of aromatic nitrogens is 3. The van der Waals surface area contributed by atoms with Crippen molar-refractivity contribution in [2.45, 2.75) is 51.4 Å². The normalized spacial score (nSPS) is 10.9. The number of benzene rings is 5. The van der Waals surface area contributed by atoms with Gasteiger partial charge in [0.05, 0.1) is 70.4 Å². The molecule has 0 fully saturated rings. The zero-order valence-electron chi connectivity index (χ0n) is 38.4. The Morgan fingerprint density at radius 1 is 0.529 bits per heavy atom. The number of carbonyl (C=O) groups is 2. The molecule has 15 nitrogen and oxygen atoms in total. The van der Waals surface area contributed by atoms with E-state index in [9.17, 15) is 9.59 Å². The molecule has 0 spiro atoms. The smallest absolute Gasteiger partial charge is 0.338 e. The number of esters is 2. The summed E-state index contributed by atoms with van der Waals surface area (Å²) >= 11 is 0. The number of nitriles is 2. The Balaban J connectivity index is 0.901. The van der Waals surface area contributed by atoms with Crippen LogP contribution >= 0.6 is 0 Å². The number of ether oxygens (including phenoxy) is 2. The number of carbonyl (C=O) groups excluding carboxylic acids is 2. The third-order valence-corrected chi connectivity index (χ3v) is 10.7. The van der Waals surface area contributed by atoms with Crippen molar-refractivity contribution in [3.05, 3.63) is 156 Å². The summed E-state index contributed by atoms with van der Waals surface area (Å²) in [6, 6.07) is 39.2. The van der Waals surface area contributed by atoms with Gasteiger partial charge in [-0.3, -0.25) is 0 Å². The average molecular weight is 908 g/mol. The molecule has 0 unspecified atom stereocenters. The Labute approximate surface area is 397 Å². The molecule has 1 heterocycles. The summed E-state index contributed by atoms with van der Waals surface area (Å²) in [6.07, 6.45) is 8.78. The van der Waals surface area contributed by atoms with Gasteiger partial charge in [-0.2, -0.15) is 45.9 Å². The van der Waals surface area contributed by atoms with Crippen molar-refractivity contribution < 1.29 is 19.1 Å². The Kier molecular flexibility index (Phi) is 18.7. The SMILES string of the molecule is C=Cc1ccc(-c2nc(N(C)CCCCCCOC(=O)c3ccc(N=Nc4ccc(C#N)cc4)cc3)nc(N(C)CCCCCCOC(=O)c3ccc(N=Nc4ccc(C#N)cc4)cc3)n2)cc1. The minimum absolute atomic E-state index is 0.328. The average Bonchev–Trinajstić information content (AvgIpc) is 3.39. The molecule has 0 saturated heterocycles. The number of rotatable bonds is 24. The Morgan fingerprint density at radius 3 is 1.26 bits per heavy atom. The molecule has 0 radical (unpaired) electrons. The van der Waals surface area contributed by atoms with Crippen LogP contribution in [0.2, 0.25) is 0 Å². The largest absolute Gasteiger partial charge is 0.462 e. The fourth-order valence-electron chi connectivity index (χ4n) is 6.66. The van der Waals surface area contributed by atoms with Gasteiger partial charge in [-0.05, 0) is 141 Å². The van der Waals surface area contributed by atoms with Crippen molar-refractivity contribution in [2.75, 3.05) is 50.2 Å². The first-order chi connectivity index (χ1) is 33.2. The van der Waals surface area contributed by atoms with E-state index in [1.54, 1.807) is 103 Å². The van der Waals surface area contributed by atoms with Crippen molar-refractivity contribution in [2.24, 2.45) is 20.5 Å². The summed E-state index contributed by atoms with van der Waals surface area (Å²) in [5.41, 5.74) is 6.34. The van der Waals surface area contributed by atoms with Crippen LogP contribution in [0, 0.1) is 22.7 Å². The van der Waals surface area contributed by atoms with Crippen molar-refractivity contribution in [3.8, 4) is 23.5 Å². The van der Waals surface area contributed by atoms with E-state index < -0.39 is 0 Å². The maximum Gasteiger partial charge on any atom is 0.338 e. The number of hydrogen-bond acceptors (Lipinski definition) is 15. The van der Waals surface area contributed by atoms with Crippen molar-refractivity contribution in [1.29, 1.82) is 10.5 Å². The third kappa shape index (κ3) is 15.3. The fourth-order valence-corrected chi connectivity index (χ4v) is 6.66. The molecular weight excluding hydrogens is 855 g/mol. The maximum absolute atomic E-state index is 12.6. The highest BCUT2D eigenvalue weighted by molar-refractivity contribution is 5.90. The second-order valence-electron chi connectivity index (χ2n) is 15.8. The fraction of sp³-hybridized carbons (Fsp3) is 0.264. The lowest BCUT2D eigenvalue weighted by molar-refractivity contribution is 0.0488. The summed E-state index contributed by atoms with van der Waals surface area (Å²) in [6.45, 7) is 6.00. The van der Waals surface area contributed by atoms with Crippen LogP contribution in [0.5, 0.6) is 0 Å². The van der Waals surface area contributed by atoms with E-state index in [1.165, 1.54) is 0 Å². The first-order valence-corrected chi connectivity index (χ1v) is 22.5. The van der Waals surface area contributed by atoms with Gasteiger partial charge < -0.3 is 19.3 Å². The number of unbranched alkanes of at least 4 members (excludes halogenated alkanes) is 6. The van der Waals surface area contributed by atoms with Gasteiger partial charge in [0.2, 0.25) is 11.9 Å². The molecule has 0 aliphatic carbocycles. The molecule has 1 aromatic heterocycles. The third-order valence-electron chi connectivity index (χ3n) is 10.7. The van der Waals surface area contributed by atoms with Crippen LogP contribution in [-0.4, -0.2) is 67.3 Å². The molecule has 6 aromatic rings. The van der Waals surface area contributed by atoms with Gasteiger partial charge in [0.1, 0.15) is 0 Å². The molecule has 68 heavy (non-hydrogen) atoms. The summed E-state index contributed by atoms with van der Waals surface area (Å²) in [7, 11) is 3.97. The van der Waals surface area contributed by atoms with Gasteiger partial charge in [0, 0.05) is 32.7 Å². The molecule has 0 aliphatic rings. The quantitative estimate of drug-likeness (QED) is 0.0318. The van der Waals surface area contributed by atoms with Gasteiger partial charge in [-0.1, -0.05) is 49.8 Å². The van der Waals surface area contributed by atoms with E-state index in [2.05, 4.69) is 49.0 Å². The van der Waals surface area contributed by atoms with Gasteiger partial charge in [-0.15, -0.1) is 0 Å². The highest BCUT2D eigenvalue weighted by Gasteiger charge is 2.15. The summed E-state index contributed by atoms with van der Waals surface area (Å²) in [5.74, 6) is 1.00. The highest BCUT2D eigenvalue weighted by Crippen LogP contribution is 2.24. The lowest BCUT2D eigenvalue weighted by Gasteiger charge is -2.22. The summed E-state index contributed by atoms with van der Waals surface area (Å²) in [5, 5.41) is 34.7. The topological polar surface area (TPSA) is 195 Å². The first-order valence-electron chi connectivity index (χ1n) is 22.5. The summed E-state index contributed by atoms with van der Waals surface area (Å²) in [4.78, 5) is 44.0. The Hall–Kier alpha value is -8.43. The standard InChI is InChI=1S/C53H53N11O4/c1-4-39-13-19-42(20-14-39)49-56-52(63(2)33-9-5-7-11-35-67-50(65)43-21-29-47(30-22-43)61-59-45-25-15-40(37-54)16-26-45)58-53(57-49)64(3)34-10-6-8-12-36-68-51(66)44-23-31-48(32-24-44)62-60-46-27-17-41(38-55)18-28-46/h4,13-32H,1,5-12,33-36H2,2-3H3. The lowest BCUT2D eigenvalue weighted by atomic mass is 10.1. The second-order valence-corrected chi connectivity index (χ2v) is 15.8. The molecule has 5 aromatic carbocycles.